The third-order valence-corrected chi connectivity index (χ3v) is 4.85. The molecule has 1 atom stereocenters. The zero-order valence-electron chi connectivity index (χ0n) is 14.2. The molecule has 2 aromatic heterocycles. The molecule has 24 heavy (non-hydrogen) atoms. The predicted octanol–water partition coefficient (Wildman–Crippen LogP) is 2.74. The molecule has 2 aromatic rings. The van der Waals surface area contributed by atoms with Crippen LogP contribution in [0.2, 0.25) is 0 Å². The van der Waals surface area contributed by atoms with E-state index >= 15 is 0 Å². The second-order valence-electron chi connectivity index (χ2n) is 7.40. The van der Waals surface area contributed by atoms with Crippen LogP contribution < -0.4 is 10.6 Å². The van der Waals surface area contributed by atoms with Crippen LogP contribution in [0.3, 0.4) is 0 Å². The smallest absolute Gasteiger partial charge is 0.245 e. The fourth-order valence-corrected chi connectivity index (χ4v) is 3.65. The second kappa shape index (κ2) is 6.16. The standard InChI is InChI=1S/C16H24N6O2/c1-16(2)9-11(7-8-23-16)18-13-12(17-10-5-3-4-6-10)19-14-15(20-13)22-24-21-14/h10-11H,3-9H2,1-2H3,(H,17,19,21)(H,18,20,22)/t11-/m0/s1. The maximum absolute atomic E-state index is 5.80. The fraction of sp³-hybridized carbons (Fsp3) is 0.750. The van der Waals surface area contributed by atoms with E-state index in [1.807, 2.05) is 0 Å². The quantitative estimate of drug-likeness (QED) is 0.882. The van der Waals surface area contributed by atoms with Crippen molar-refractivity contribution >= 4 is 22.9 Å². The lowest BCUT2D eigenvalue weighted by Crippen LogP contribution is -2.40. The van der Waals surface area contributed by atoms with E-state index in [1.165, 1.54) is 25.7 Å². The zero-order valence-corrected chi connectivity index (χ0v) is 14.2. The molecule has 1 saturated heterocycles. The molecule has 2 fully saturated rings. The van der Waals surface area contributed by atoms with Crippen molar-refractivity contribution in [3.05, 3.63) is 0 Å². The summed E-state index contributed by atoms with van der Waals surface area (Å²) in [5.74, 6) is 1.47. The number of anilines is 2. The Morgan fingerprint density at radius 3 is 2.17 bits per heavy atom. The van der Waals surface area contributed by atoms with E-state index in [1.54, 1.807) is 0 Å². The van der Waals surface area contributed by atoms with Gasteiger partial charge in [0.15, 0.2) is 11.6 Å². The van der Waals surface area contributed by atoms with Crippen molar-refractivity contribution in [2.75, 3.05) is 17.2 Å². The minimum atomic E-state index is -0.123. The first-order valence-corrected chi connectivity index (χ1v) is 8.76. The first-order chi connectivity index (χ1) is 11.6. The van der Waals surface area contributed by atoms with Crippen molar-refractivity contribution in [2.45, 2.75) is 70.1 Å². The van der Waals surface area contributed by atoms with Gasteiger partial charge in [-0.15, -0.1) is 0 Å². The Morgan fingerprint density at radius 2 is 1.54 bits per heavy atom. The number of hydrogen-bond donors (Lipinski definition) is 2. The SMILES string of the molecule is CC1(C)C[C@@H](Nc2nc3nonc3nc2NC2CCCC2)CCO1. The average Bonchev–Trinajstić information content (AvgIpc) is 3.18. The monoisotopic (exact) mass is 332 g/mol. The van der Waals surface area contributed by atoms with Gasteiger partial charge in [-0.3, -0.25) is 0 Å². The molecule has 1 aliphatic carbocycles. The topological polar surface area (TPSA) is 98.0 Å². The minimum Gasteiger partial charge on any atom is -0.375 e. The molecule has 0 unspecified atom stereocenters. The Labute approximate surface area is 140 Å². The summed E-state index contributed by atoms with van der Waals surface area (Å²) in [4.78, 5) is 9.14. The van der Waals surface area contributed by atoms with Crippen LogP contribution in [0.1, 0.15) is 52.4 Å². The number of ether oxygens (including phenoxy) is 1. The van der Waals surface area contributed by atoms with Gasteiger partial charge in [0.05, 0.1) is 5.60 Å². The van der Waals surface area contributed by atoms with Crippen molar-refractivity contribution in [2.24, 2.45) is 0 Å². The number of hydrogen-bond acceptors (Lipinski definition) is 8. The number of rotatable bonds is 4. The van der Waals surface area contributed by atoms with Gasteiger partial charge in [-0.2, -0.15) is 0 Å². The molecule has 0 bridgehead atoms. The van der Waals surface area contributed by atoms with Gasteiger partial charge in [0, 0.05) is 18.7 Å². The Kier molecular flexibility index (Phi) is 3.99. The number of nitrogens with one attached hydrogen (secondary N) is 2. The van der Waals surface area contributed by atoms with Gasteiger partial charge in [0.1, 0.15) is 0 Å². The van der Waals surface area contributed by atoms with Crippen LogP contribution >= 0.6 is 0 Å². The summed E-state index contributed by atoms with van der Waals surface area (Å²) in [5, 5.41) is 14.7. The molecule has 8 nitrogen and oxygen atoms in total. The van der Waals surface area contributed by atoms with E-state index < -0.39 is 0 Å². The molecule has 130 valence electrons. The van der Waals surface area contributed by atoms with Crippen molar-refractivity contribution in [3.8, 4) is 0 Å². The molecule has 8 heteroatoms. The predicted molar refractivity (Wildman–Crippen MR) is 89.9 cm³/mol. The molecular formula is C16H24N6O2. The molecular weight excluding hydrogens is 308 g/mol. The summed E-state index contributed by atoms with van der Waals surface area (Å²) in [6, 6.07) is 0.743. The second-order valence-corrected chi connectivity index (χ2v) is 7.40. The van der Waals surface area contributed by atoms with Crippen molar-refractivity contribution < 1.29 is 9.37 Å². The number of nitrogens with zero attached hydrogens (tertiary/aromatic N) is 4. The van der Waals surface area contributed by atoms with E-state index in [0.717, 1.165) is 31.1 Å². The molecule has 0 spiro atoms. The van der Waals surface area contributed by atoms with E-state index in [9.17, 15) is 0 Å². The maximum Gasteiger partial charge on any atom is 0.245 e. The first-order valence-electron chi connectivity index (χ1n) is 8.76. The maximum atomic E-state index is 5.80. The Morgan fingerprint density at radius 1 is 0.917 bits per heavy atom. The minimum absolute atomic E-state index is 0.123. The van der Waals surface area contributed by atoms with Gasteiger partial charge in [-0.05, 0) is 49.8 Å². The summed E-state index contributed by atoms with van der Waals surface area (Å²) in [5.41, 5.74) is 0.747. The molecule has 3 heterocycles. The lowest BCUT2D eigenvalue weighted by molar-refractivity contribution is -0.0553. The van der Waals surface area contributed by atoms with Crippen LogP contribution in [0.15, 0.2) is 4.63 Å². The molecule has 4 rings (SSSR count). The van der Waals surface area contributed by atoms with Crippen molar-refractivity contribution in [1.82, 2.24) is 20.3 Å². The third kappa shape index (κ3) is 3.28. The summed E-state index contributed by atoms with van der Waals surface area (Å²) in [6.45, 7) is 4.99. The Hall–Kier alpha value is -1.96. The lowest BCUT2D eigenvalue weighted by Gasteiger charge is -2.36. The van der Waals surface area contributed by atoms with Gasteiger partial charge in [0.25, 0.3) is 0 Å². The summed E-state index contributed by atoms with van der Waals surface area (Å²) in [7, 11) is 0. The molecule has 1 saturated carbocycles. The molecule has 2 aliphatic rings. The largest absolute Gasteiger partial charge is 0.375 e. The zero-order chi connectivity index (χ0) is 16.6. The van der Waals surface area contributed by atoms with E-state index in [4.69, 9.17) is 9.37 Å². The summed E-state index contributed by atoms with van der Waals surface area (Å²) < 4.78 is 10.6. The highest BCUT2D eigenvalue weighted by atomic mass is 16.6. The van der Waals surface area contributed by atoms with Gasteiger partial charge in [0.2, 0.25) is 11.3 Å². The highest BCUT2D eigenvalue weighted by molar-refractivity contribution is 5.73. The van der Waals surface area contributed by atoms with Crippen LogP contribution in [0, 0.1) is 0 Å². The highest BCUT2D eigenvalue weighted by Gasteiger charge is 2.30. The van der Waals surface area contributed by atoms with Crippen LogP contribution in [-0.2, 0) is 4.74 Å². The number of fused-ring (bicyclic) bond motifs is 1. The van der Waals surface area contributed by atoms with Crippen LogP contribution in [0.5, 0.6) is 0 Å². The van der Waals surface area contributed by atoms with Gasteiger partial charge in [-0.25, -0.2) is 14.6 Å². The van der Waals surface area contributed by atoms with Crippen LogP contribution in [0.25, 0.3) is 11.3 Å². The normalized spacial score (nSPS) is 24.3. The Bertz CT molecular complexity index is 710. The first kappa shape index (κ1) is 15.6. The van der Waals surface area contributed by atoms with Crippen molar-refractivity contribution in [1.29, 1.82) is 0 Å². The van der Waals surface area contributed by atoms with E-state index in [0.29, 0.717) is 23.4 Å². The fourth-order valence-electron chi connectivity index (χ4n) is 3.65. The van der Waals surface area contributed by atoms with Gasteiger partial charge in [-0.1, -0.05) is 12.8 Å². The number of aromatic nitrogens is 4. The average molecular weight is 332 g/mol. The lowest BCUT2D eigenvalue weighted by atomic mass is 9.94. The molecule has 2 N–H and O–H groups in total. The molecule has 0 aromatic carbocycles. The van der Waals surface area contributed by atoms with Gasteiger partial charge < -0.3 is 15.4 Å². The molecule has 1 aliphatic heterocycles. The van der Waals surface area contributed by atoms with Crippen molar-refractivity contribution in [3.63, 3.8) is 0 Å². The molecule has 0 radical (unpaired) electrons. The molecule has 0 amide bonds. The van der Waals surface area contributed by atoms with E-state index in [-0.39, 0.29) is 5.60 Å². The summed E-state index contributed by atoms with van der Waals surface area (Å²) in [6.07, 6.45) is 6.72. The highest BCUT2D eigenvalue weighted by Crippen LogP contribution is 2.30. The Balaban J connectivity index is 1.59. The van der Waals surface area contributed by atoms with Gasteiger partial charge >= 0.3 is 0 Å². The van der Waals surface area contributed by atoms with Crippen LogP contribution in [-0.4, -0.2) is 44.6 Å². The van der Waals surface area contributed by atoms with E-state index in [2.05, 4.69) is 44.8 Å². The summed E-state index contributed by atoms with van der Waals surface area (Å²) >= 11 is 0. The van der Waals surface area contributed by atoms with Crippen LogP contribution in [0.4, 0.5) is 11.6 Å². The third-order valence-electron chi connectivity index (χ3n) is 4.85.